The van der Waals surface area contributed by atoms with E-state index in [4.69, 9.17) is 10.5 Å². The minimum atomic E-state index is -0.557. The third-order valence-electron chi connectivity index (χ3n) is 7.48. The van der Waals surface area contributed by atoms with Gasteiger partial charge in [0.25, 0.3) is 0 Å². The quantitative estimate of drug-likeness (QED) is 0.197. The fourth-order valence-electron chi connectivity index (χ4n) is 4.82. The van der Waals surface area contributed by atoms with Crippen LogP contribution in [0.25, 0.3) is 6.08 Å². The molecule has 1 unspecified atom stereocenters. The Morgan fingerprint density at radius 1 is 0.952 bits per heavy atom. The predicted octanol–water partition coefficient (Wildman–Crippen LogP) is 5.21. The Labute approximate surface area is 249 Å². The Kier molecular flexibility index (Phi) is 10.5. The number of nitrogen functional groups attached to an aromatic ring is 1. The fraction of sp³-hybridized carbons (Fsp3) is 0.353. The van der Waals surface area contributed by atoms with E-state index in [1.165, 1.54) is 11.6 Å². The minimum absolute atomic E-state index is 0.0357. The summed E-state index contributed by atoms with van der Waals surface area (Å²) in [6.07, 6.45) is 3.20. The number of amides is 2. The van der Waals surface area contributed by atoms with Gasteiger partial charge in [-0.25, -0.2) is 0 Å². The van der Waals surface area contributed by atoms with Gasteiger partial charge in [-0.05, 0) is 59.4 Å². The molecule has 0 spiro atoms. The van der Waals surface area contributed by atoms with Crippen LogP contribution in [0.4, 0.5) is 17.1 Å². The van der Waals surface area contributed by atoms with E-state index in [9.17, 15) is 9.59 Å². The average molecular weight is 570 g/mol. The number of nitrogens with one attached hydrogen (secondary N) is 3. The number of ether oxygens (including phenoxy) is 1. The standard InChI is InChI=1S/C34H43N5O3/c1-24(39-19-21-42-22-20-39)23-36-32(33(41)37-28-16-14-27(15-17-28)34(2,3)4)26-12-9-25(10-13-26)11-18-31(40)38-30-8-6-5-7-29(30)35/h5-18,24,32,36H,19-23,35H2,1-4H3,(H,37,41)(H,38,40)/b18-11+/t24-,32?/m1/s1. The maximum atomic E-state index is 13.6. The molecule has 0 radical (unpaired) electrons. The highest BCUT2D eigenvalue weighted by Crippen LogP contribution is 2.25. The van der Waals surface area contributed by atoms with Gasteiger partial charge in [0, 0.05) is 37.4 Å². The lowest BCUT2D eigenvalue weighted by Crippen LogP contribution is -2.48. The van der Waals surface area contributed by atoms with Crippen molar-refractivity contribution in [3.05, 3.63) is 95.6 Å². The van der Waals surface area contributed by atoms with E-state index < -0.39 is 6.04 Å². The van der Waals surface area contributed by atoms with Gasteiger partial charge in [-0.1, -0.05) is 69.3 Å². The third kappa shape index (κ3) is 8.76. The van der Waals surface area contributed by atoms with Crippen molar-refractivity contribution >= 4 is 35.0 Å². The number of morpholine rings is 1. The fourth-order valence-corrected chi connectivity index (χ4v) is 4.82. The molecule has 3 aromatic rings. The van der Waals surface area contributed by atoms with Crippen molar-refractivity contribution in [1.82, 2.24) is 10.2 Å². The molecule has 0 saturated carbocycles. The number of hydrogen-bond donors (Lipinski definition) is 4. The number of nitrogens with zero attached hydrogens (tertiary/aromatic N) is 1. The SMILES string of the molecule is C[C@H](CNC(C(=O)Nc1ccc(C(C)(C)C)cc1)c1ccc(/C=C/C(=O)Nc2ccccc2N)cc1)N1CCOCC1. The molecule has 42 heavy (non-hydrogen) atoms. The van der Waals surface area contributed by atoms with Crippen LogP contribution in [-0.4, -0.2) is 55.6 Å². The number of benzene rings is 3. The van der Waals surface area contributed by atoms with E-state index in [1.54, 1.807) is 18.2 Å². The molecule has 8 heteroatoms. The Morgan fingerprint density at radius 3 is 2.26 bits per heavy atom. The van der Waals surface area contributed by atoms with Crippen LogP contribution in [0, 0.1) is 0 Å². The Balaban J connectivity index is 1.46. The zero-order valence-corrected chi connectivity index (χ0v) is 25.0. The number of nitrogens with two attached hydrogens (primary N) is 1. The van der Waals surface area contributed by atoms with Crippen molar-refractivity contribution in [3.8, 4) is 0 Å². The molecule has 222 valence electrons. The summed E-state index contributed by atoms with van der Waals surface area (Å²) in [4.78, 5) is 28.4. The van der Waals surface area contributed by atoms with E-state index in [2.05, 4.69) is 60.7 Å². The number of anilines is 3. The lowest BCUT2D eigenvalue weighted by Gasteiger charge is -2.33. The Bertz CT molecular complexity index is 1360. The molecule has 8 nitrogen and oxygen atoms in total. The van der Waals surface area contributed by atoms with Crippen LogP contribution < -0.4 is 21.7 Å². The summed E-state index contributed by atoms with van der Waals surface area (Å²) in [6.45, 7) is 12.5. The number of carbonyl (C=O) groups is 2. The number of rotatable bonds is 10. The lowest BCUT2D eigenvalue weighted by atomic mass is 9.87. The van der Waals surface area contributed by atoms with Crippen LogP contribution in [0.2, 0.25) is 0 Å². The number of hydrogen-bond acceptors (Lipinski definition) is 6. The summed E-state index contributed by atoms with van der Waals surface area (Å²) < 4.78 is 5.50. The largest absolute Gasteiger partial charge is 0.397 e. The molecule has 1 aliphatic rings. The molecule has 0 bridgehead atoms. The molecule has 1 saturated heterocycles. The van der Waals surface area contributed by atoms with E-state index in [1.807, 2.05) is 48.5 Å². The van der Waals surface area contributed by atoms with Crippen molar-refractivity contribution in [3.63, 3.8) is 0 Å². The van der Waals surface area contributed by atoms with Gasteiger partial charge in [-0.15, -0.1) is 0 Å². The normalized spacial score (nSPS) is 15.7. The monoisotopic (exact) mass is 569 g/mol. The van der Waals surface area contributed by atoms with E-state index in [0.717, 1.165) is 43.1 Å². The second kappa shape index (κ2) is 14.3. The Hall–Kier alpha value is -3.98. The van der Waals surface area contributed by atoms with Gasteiger partial charge in [-0.3, -0.25) is 14.5 Å². The highest BCUT2D eigenvalue weighted by atomic mass is 16.5. The zero-order chi connectivity index (χ0) is 30.1. The summed E-state index contributed by atoms with van der Waals surface area (Å²) in [5.41, 5.74) is 10.7. The summed E-state index contributed by atoms with van der Waals surface area (Å²) in [5.74, 6) is -0.402. The van der Waals surface area contributed by atoms with E-state index >= 15 is 0 Å². The van der Waals surface area contributed by atoms with E-state index in [-0.39, 0.29) is 23.3 Å². The first-order chi connectivity index (χ1) is 20.1. The number of para-hydroxylation sites is 2. The van der Waals surface area contributed by atoms with Crippen LogP contribution >= 0.6 is 0 Å². The molecule has 1 heterocycles. The third-order valence-corrected chi connectivity index (χ3v) is 7.48. The van der Waals surface area contributed by atoms with E-state index in [0.29, 0.717) is 17.9 Å². The highest BCUT2D eigenvalue weighted by molar-refractivity contribution is 6.03. The Morgan fingerprint density at radius 2 is 1.62 bits per heavy atom. The first-order valence-electron chi connectivity index (χ1n) is 14.5. The minimum Gasteiger partial charge on any atom is -0.397 e. The van der Waals surface area contributed by atoms with Crippen LogP contribution in [0.3, 0.4) is 0 Å². The van der Waals surface area contributed by atoms with Crippen molar-refractivity contribution in [1.29, 1.82) is 0 Å². The topological polar surface area (TPSA) is 109 Å². The van der Waals surface area contributed by atoms with Crippen molar-refractivity contribution < 1.29 is 14.3 Å². The van der Waals surface area contributed by atoms with Crippen LogP contribution in [0.15, 0.2) is 78.9 Å². The molecule has 1 fully saturated rings. The molecule has 4 rings (SSSR count). The number of carbonyl (C=O) groups excluding carboxylic acids is 2. The molecule has 5 N–H and O–H groups in total. The molecular weight excluding hydrogens is 526 g/mol. The summed E-state index contributed by atoms with van der Waals surface area (Å²) in [5, 5.41) is 9.38. The molecule has 0 aliphatic carbocycles. The predicted molar refractivity (Wildman–Crippen MR) is 171 cm³/mol. The van der Waals surface area contributed by atoms with Gasteiger partial charge in [-0.2, -0.15) is 0 Å². The first-order valence-corrected chi connectivity index (χ1v) is 14.5. The van der Waals surface area contributed by atoms with Crippen LogP contribution in [-0.2, 0) is 19.7 Å². The van der Waals surface area contributed by atoms with Gasteiger partial charge in [0.15, 0.2) is 0 Å². The van der Waals surface area contributed by atoms with Crippen LogP contribution in [0.5, 0.6) is 0 Å². The molecular formula is C34H43N5O3. The maximum Gasteiger partial charge on any atom is 0.248 e. The first kappa shape index (κ1) is 31.0. The summed E-state index contributed by atoms with van der Waals surface area (Å²) >= 11 is 0. The molecule has 2 atom stereocenters. The van der Waals surface area contributed by atoms with Crippen molar-refractivity contribution in [2.75, 3.05) is 49.2 Å². The second-order valence-electron chi connectivity index (χ2n) is 11.7. The second-order valence-corrected chi connectivity index (χ2v) is 11.7. The smallest absolute Gasteiger partial charge is 0.248 e. The summed E-state index contributed by atoms with van der Waals surface area (Å²) in [6, 6.07) is 22.5. The molecule has 2 amide bonds. The van der Waals surface area contributed by atoms with Gasteiger partial charge in [0.2, 0.25) is 11.8 Å². The van der Waals surface area contributed by atoms with Gasteiger partial charge in [0.05, 0.1) is 24.6 Å². The van der Waals surface area contributed by atoms with Gasteiger partial charge >= 0.3 is 0 Å². The van der Waals surface area contributed by atoms with Gasteiger partial charge in [0.1, 0.15) is 6.04 Å². The highest BCUT2D eigenvalue weighted by Gasteiger charge is 2.24. The average Bonchev–Trinajstić information content (AvgIpc) is 2.98. The van der Waals surface area contributed by atoms with Gasteiger partial charge < -0.3 is 26.4 Å². The zero-order valence-electron chi connectivity index (χ0n) is 25.0. The van der Waals surface area contributed by atoms with Crippen molar-refractivity contribution in [2.24, 2.45) is 0 Å². The van der Waals surface area contributed by atoms with Crippen LogP contribution in [0.1, 0.15) is 50.4 Å². The van der Waals surface area contributed by atoms with Crippen molar-refractivity contribution in [2.45, 2.75) is 45.2 Å². The maximum absolute atomic E-state index is 13.6. The molecule has 3 aromatic carbocycles. The lowest BCUT2D eigenvalue weighted by molar-refractivity contribution is -0.118. The summed E-state index contributed by atoms with van der Waals surface area (Å²) in [7, 11) is 0. The molecule has 0 aromatic heterocycles. The molecule has 1 aliphatic heterocycles.